The number of alkyl halides is 4. The molecular formula is C65H53BrF8N12O4Si. The maximum atomic E-state index is 16.2. The van der Waals surface area contributed by atoms with Gasteiger partial charge in [0, 0.05) is 62.8 Å². The van der Waals surface area contributed by atoms with Crippen molar-refractivity contribution in [3.63, 3.8) is 0 Å². The summed E-state index contributed by atoms with van der Waals surface area (Å²) in [6.07, 6.45) is 3.18. The minimum absolute atomic E-state index is 0.141. The molecule has 0 radical (unpaired) electrons. The molecule has 0 bridgehead atoms. The Labute approximate surface area is 542 Å². The highest BCUT2D eigenvalue weighted by Crippen LogP contribution is 2.48. The van der Waals surface area contributed by atoms with Gasteiger partial charge in [0.2, 0.25) is 0 Å². The third kappa shape index (κ3) is 17.2. The van der Waals surface area contributed by atoms with Crippen LogP contribution in [0, 0.1) is 64.5 Å². The van der Waals surface area contributed by atoms with Crippen LogP contribution in [0.5, 0.6) is 11.5 Å². The standard InChI is InChI=1S/C31H20F4N6O2.C19H19NOSi.C15H10BrF4N5O.2H2/c32-25-10-13-27(28(33)15-25)30(42,19-41-20-38-39-40-41)31(34,35)29-14-9-23(17-37-29)4-1-21-7-11-26(12-8-21)43-18-24-5-2-22(16-36)3-6-24;1-20-18-9-5-17(6-10-18)15-21-19-11-7-16(8-12-19)13-14-22(2,3)4;16-9-1-4-13(21-6-9)15(19,20)14(26,7-25-8-22-23-24-25)11-3-2-10(17)5-12(11)18;;/h2-3,5-15,17,20,42H,18-19H2;5-12H,15H2,2-4H3;1-6,8,26H,7H2;2*1H/i18D2,19D2;15D2;7D2;2*1+1D. The maximum Gasteiger partial charge on any atom is 0.323 e. The molecule has 0 aliphatic heterocycles. The number of benzene rings is 6. The van der Waals surface area contributed by atoms with Gasteiger partial charge in [0.05, 0.1) is 42.2 Å². The van der Waals surface area contributed by atoms with E-state index < -0.39 is 103 Å². The van der Waals surface area contributed by atoms with Gasteiger partial charge in [0.1, 0.15) is 80.0 Å². The Morgan fingerprint density at radius 1 is 0.604 bits per heavy atom. The second kappa shape index (κ2) is 29.2. The number of aliphatic hydroxyl groups is 2. The van der Waals surface area contributed by atoms with Crippen molar-refractivity contribution in [2.45, 2.75) is 68.8 Å². The van der Waals surface area contributed by atoms with Crippen LogP contribution < -0.4 is 9.47 Å². The Hall–Kier alpha value is -10.5. The van der Waals surface area contributed by atoms with E-state index in [0.717, 1.165) is 36.2 Å². The molecule has 0 fully saturated rings. The number of aromatic nitrogens is 10. The van der Waals surface area contributed by atoms with Crippen molar-refractivity contribution in [2.24, 2.45) is 0 Å². The third-order valence-corrected chi connectivity index (χ3v) is 13.5. The fourth-order valence-corrected chi connectivity index (χ4v) is 8.33. The van der Waals surface area contributed by atoms with E-state index in [1.54, 1.807) is 36.4 Å². The average Bonchev–Trinajstić information content (AvgIpc) is 1.43. The van der Waals surface area contributed by atoms with Crippen LogP contribution in [0.2, 0.25) is 19.6 Å². The van der Waals surface area contributed by atoms with Crippen LogP contribution in [-0.4, -0.2) is 68.7 Å². The maximum absolute atomic E-state index is 16.2. The van der Waals surface area contributed by atoms with E-state index in [1.807, 2.05) is 18.2 Å². The number of pyridine rings is 2. The van der Waals surface area contributed by atoms with Crippen LogP contribution in [0.25, 0.3) is 4.85 Å². The highest BCUT2D eigenvalue weighted by molar-refractivity contribution is 9.10. The molecule has 0 saturated heterocycles. The molecule has 10 rings (SSSR count). The quantitative estimate of drug-likeness (QED) is 0.0401. The summed E-state index contributed by atoms with van der Waals surface area (Å²) in [5.74, 6) is -5.35. The molecule has 2 atom stereocenters. The lowest BCUT2D eigenvalue weighted by Gasteiger charge is -2.35. The van der Waals surface area contributed by atoms with E-state index in [-0.39, 0.29) is 38.4 Å². The van der Waals surface area contributed by atoms with Gasteiger partial charge in [0.15, 0.2) is 16.9 Å². The number of ether oxygens (including phenoxy) is 2. The molecule has 0 saturated carbocycles. The molecule has 4 heterocycles. The summed E-state index contributed by atoms with van der Waals surface area (Å²) in [5.41, 5.74) is -6.44. The summed E-state index contributed by atoms with van der Waals surface area (Å²) in [6.45, 7) is 2.26. The van der Waals surface area contributed by atoms with Crippen molar-refractivity contribution >= 4 is 29.7 Å². The first-order chi connectivity index (χ1) is 48.4. The zero-order chi connectivity index (χ0) is 76.6. The van der Waals surface area contributed by atoms with Crippen LogP contribution >= 0.6 is 15.9 Å². The molecule has 0 aliphatic rings. The number of nitrogens with zero attached hydrogens (tertiary/aromatic N) is 12. The van der Waals surface area contributed by atoms with Crippen LogP contribution in [0.1, 0.15) is 72.8 Å². The Kier molecular flexibility index (Phi) is 17.2. The fraction of sp³-hybridized carbons (Fsp3) is 0.169. The van der Waals surface area contributed by atoms with Crippen molar-refractivity contribution in [1.29, 1.82) is 5.26 Å². The third-order valence-electron chi connectivity index (χ3n) is 12.2. The van der Waals surface area contributed by atoms with Gasteiger partial charge in [0.25, 0.3) is 0 Å². The molecule has 2 N–H and O–H groups in total. The van der Waals surface area contributed by atoms with Crippen LogP contribution in [0.15, 0.2) is 187 Å². The SMILES string of the molecule is [2H]C([2H])(Oc1ccc(C#C[Si](C)(C)C)cc1)c1ccc([N+]#[C-])cc1.[2H]C([2H])(Oc1ccc(C#Cc2ccc(C(F)(F)C(O)(c3ccc(F)cc3F)C([2H])([2H])n3cnnn3)nc2)cc1)c1ccc(C#N)cc1.[2H]C([2H])(n1cnnn1)C(O)(c1ccc(F)cc1F)C(F)(F)c1ccc(Br)cn1.[2H][2H].[2H][2H]. The minimum atomic E-state index is -4.65. The lowest BCUT2D eigenvalue weighted by Crippen LogP contribution is -2.48. The molecule has 0 aliphatic carbocycles. The summed E-state index contributed by atoms with van der Waals surface area (Å²) in [5, 5.41) is 50.6. The van der Waals surface area contributed by atoms with E-state index >= 15 is 17.6 Å². The second-order valence-corrected chi connectivity index (χ2v) is 25.6. The van der Waals surface area contributed by atoms with E-state index in [9.17, 15) is 27.8 Å². The first-order valence-corrected chi connectivity index (χ1v) is 30.5. The molecule has 91 heavy (non-hydrogen) atoms. The zero-order valence-corrected chi connectivity index (χ0v) is 49.9. The van der Waals surface area contributed by atoms with E-state index in [1.165, 1.54) is 54.6 Å². The lowest BCUT2D eigenvalue weighted by atomic mass is 9.84. The van der Waals surface area contributed by atoms with Crippen LogP contribution in [0.3, 0.4) is 0 Å². The monoisotopic (exact) mass is 1340 g/mol. The molecule has 0 spiro atoms. The van der Waals surface area contributed by atoms with Gasteiger partial charge in [-0.05, 0) is 157 Å². The normalized spacial score (nSPS) is 14.5. The predicted octanol–water partition coefficient (Wildman–Crippen LogP) is 13.2. The molecule has 6 aromatic carbocycles. The average molecular weight is 1340 g/mol. The summed E-state index contributed by atoms with van der Waals surface area (Å²) in [4.78, 5) is 10.5. The van der Waals surface area contributed by atoms with Gasteiger partial charge in [-0.3, -0.25) is 9.97 Å². The summed E-state index contributed by atoms with van der Waals surface area (Å²) in [6, 6.07) is 33.8. The van der Waals surface area contributed by atoms with E-state index in [0.29, 0.717) is 69.5 Å². The van der Waals surface area contributed by atoms with Crippen LogP contribution in [-0.2, 0) is 49.2 Å². The fourth-order valence-electron chi connectivity index (χ4n) is 7.58. The van der Waals surface area contributed by atoms with Crippen molar-refractivity contribution < 1.29 is 71.7 Å². The van der Waals surface area contributed by atoms with Crippen LogP contribution in [0.4, 0.5) is 40.8 Å². The van der Waals surface area contributed by atoms with Gasteiger partial charge >= 0.3 is 11.8 Å². The molecule has 464 valence electrons. The van der Waals surface area contributed by atoms with Crippen molar-refractivity contribution in [1.82, 2.24) is 50.4 Å². The Balaban J connectivity index is 0.000000254. The summed E-state index contributed by atoms with van der Waals surface area (Å²) >= 11 is 3.02. The molecule has 26 heteroatoms. The molecular weight excluding hydrogens is 1270 g/mol. The van der Waals surface area contributed by atoms with Gasteiger partial charge in [-0.2, -0.15) is 22.8 Å². The summed E-state index contributed by atoms with van der Waals surface area (Å²) < 4.78 is 217. The Bertz CT molecular complexity index is 4710. The van der Waals surface area contributed by atoms with Gasteiger partial charge in [-0.15, -0.1) is 15.7 Å². The highest BCUT2D eigenvalue weighted by atomic mass is 79.9. The molecule has 4 aromatic heterocycles. The van der Waals surface area contributed by atoms with E-state index in [4.69, 9.17) is 38.2 Å². The molecule has 0 amide bonds. The first-order valence-electron chi connectivity index (χ1n) is 32.2. The number of halogens is 9. The first kappa shape index (κ1) is 53.5. The number of hydrogen-bond acceptors (Lipinski definition) is 13. The minimum Gasteiger partial charge on any atom is -0.489 e. The zero-order valence-electron chi connectivity index (χ0n) is 59.3. The largest absolute Gasteiger partial charge is 0.489 e. The predicted molar refractivity (Wildman–Crippen MR) is 326 cm³/mol. The highest BCUT2D eigenvalue weighted by Gasteiger charge is 2.59. The summed E-state index contributed by atoms with van der Waals surface area (Å²) in [7, 11) is -1.42. The van der Waals surface area contributed by atoms with Crippen molar-refractivity contribution in [3.05, 3.63) is 278 Å². The molecule has 2 unspecified atom stereocenters. The number of hydrogen-bond donors (Lipinski definition) is 2. The molecule has 16 nitrogen and oxygen atoms in total. The lowest BCUT2D eigenvalue weighted by molar-refractivity contribution is -0.207. The molecule has 10 aromatic rings. The van der Waals surface area contributed by atoms with Gasteiger partial charge < -0.3 is 19.7 Å². The Morgan fingerprint density at radius 3 is 1.43 bits per heavy atom. The van der Waals surface area contributed by atoms with Crippen molar-refractivity contribution in [3.8, 4) is 40.9 Å². The van der Waals surface area contributed by atoms with Gasteiger partial charge in [-0.25, -0.2) is 31.8 Å². The Morgan fingerprint density at radius 2 is 1.03 bits per heavy atom. The second-order valence-electron chi connectivity index (χ2n) is 19.9. The number of tetrazole rings is 2. The topological polar surface area (TPSA) is 200 Å². The van der Waals surface area contributed by atoms with Crippen molar-refractivity contribution in [2.75, 3.05) is 0 Å². The van der Waals surface area contributed by atoms with E-state index in [2.05, 4.69) is 105 Å². The number of rotatable bonds is 16. The number of nitriles is 1. The van der Waals surface area contributed by atoms with Gasteiger partial charge in [-0.1, -0.05) is 73.8 Å². The smallest absolute Gasteiger partial charge is 0.323 e.